The van der Waals surface area contributed by atoms with Crippen LogP contribution in [0.15, 0.2) is 54.6 Å². The topological polar surface area (TPSA) is 71.1 Å². The molecule has 0 aliphatic carbocycles. The van der Waals surface area contributed by atoms with Gasteiger partial charge >= 0.3 is 11.9 Å². The lowest BCUT2D eigenvalue weighted by molar-refractivity contribution is -0.149. The van der Waals surface area contributed by atoms with Gasteiger partial charge in [-0.2, -0.15) is 0 Å². The van der Waals surface area contributed by atoms with Crippen molar-refractivity contribution in [3.8, 4) is 17.2 Å². The Morgan fingerprint density at radius 1 is 0.968 bits per heavy atom. The van der Waals surface area contributed by atoms with Crippen molar-refractivity contribution in [2.75, 3.05) is 13.7 Å². The number of carbonyl (C=O) groups is 2. The maximum absolute atomic E-state index is 12.8. The Kier molecular flexibility index (Phi) is 8.43. The quantitative estimate of drug-likeness (QED) is 0.318. The molecule has 0 atom stereocenters. The molecule has 0 saturated heterocycles. The Morgan fingerprint density at radius 3 is 2.26 bits per heavy atom. The second-order valence-electron chi connectivity index (χ2n) is 7.07. The third kappa shape index (κ3) is 7.03. The summed E-state index contributed by atoms with van der Waals surface area (Å²) in [5.74, 6) is 0.154. The normalized spacial score (nSPS) is 11.5. The lowest BCUT2D eigenvalue weighted by Crippen LogP contribution is -2.41. The molecule has 0 aliphatic heterocycles. The van der Waals surface area contributed by atoms with Crippen molar-refractivity contribution in [2.24, 2.45) is 0 Å². The van der Waals surface area contributed by atoms with Gasteiger partial charge in [0.05, 0.1) is 13.7 Å². The molecule has 0 fully saturated rings. The number of hydrogen-bond acceptors (Lipinski definition) is 6. The Bertz CT molecular complexity index is 954. The average Bonchev–Trinajstić information content (AvgIpc) is 2.74. The number of allylic oxidation sites excluding steroid dienone is 1. The molecule has 6 heteroatoms. The maximum atomic E-state index is 12.8. The zero-order valence-corrected chi connectivity index (χ0v) is 18.5. The molecule has 2 rings (SSSR count). The van der Waals surface area contributed by atoms with Crippen LogP contribution >= 0.6 is 0 Å². The number of ether oxygens (including phenoxy) is 4. The first kappa shape index (κ1) is 23.7. The van der Waals surface area contributed by atoms with Crippen molar-refractivity contribution in [1.82, 2.24) is 0 Å². The molecule has 0 unspecified atom stereocenters. The Morgan fingerprint density at radius 2 is 1.65 bits per heavy atom. The van der Waals surface area contributed by atoms with Gasteiger partial charge in [0.2, 0.25) is 5.60 Å². The molecule has 0 aliphatic rings. The van der Waals surface area contributed by atoms with E-state index in [4.69, 9.17) is 18.9 Å². The van der Waals surface area contributed by atoms with E-state index in [9.17, 15) is 9.59 Å². The van der Waals surface area contributed by atoms with E-state index in [0.717, 1.165) is 5.56 Å². The molecule has 0 radical (unpaired) electrons. The first-order chi connectivity index (χ1) is 14.8. The van der Waals surface area contributed by atoms with Crippen molar-refractivity contribution >= 4 is 24.1 Å². The minimum Gasteiger partial charge on any atom is -0.493 e. The fourth-order valence-corrected chi connectivity index (χ4v) is 2.63. The van der Waals surface area contributed by atoms with Gasteiger partial charge in [0, 0.05) is 6.08 Å². The second-order valence-corrected chi connectivity index (χ2v) is 7.07. The summed E-state index contributed by atoms with van der Waals surface area (Å²) in [5.41, 5.74) is 0.508. The summed E-state index contributed by atoms with van der Waals surface area (Å²) < 4.78 is 21.6. The molecule has 0 bridgehead atoms. The van der Waals surface area contributed by atoms with E-state index < -0.39 is 17.5 Å². The highest BCUT2D eigenvalue weighted by Crippen LogP contribution is 2.30. The van der Waals surface area contributed by atoms with E-state index in [0.29, 0.717) is 23.7 Å². The summed E-state index contributed by atoms with van der Waals surface area (Å²) >= 11 is 0. The van der Waals surface area contributed by atoms with E-state index in [2.05, 4.69) is 0 Å². The third-order valence-electron chi connectivity index (χ3n) is 4.19. The highest BCUT2D eigenvalue weighted by molar-refractivity contribution is 5.87. The Hall–Kier alpha value is -3.54. The van der Waals surface area contributed by atoms with Gasteiger partial charge in [-0.1, -0.05) is 30.4 Å². The first-order valence-electron chi connectivity index (χ1n) is 9.96. The highest BCUT2D eigenvalue weighted by Gasteiger charge is 2.33. The summed E-state index contributed by atoms with van der Waals surface area (Å²) in [7, 11) is 1.47. The molecule has 0 N–H and O–H groups in total. The van der Waals surface area contributed by atoms with Gasteiger partial charge in [0.15, 0.2) is 11.5 Å². The monoisotopic (exact) mass is 424 g/mol. The standard InChI is InChI=1S/C25H28O6/c1-6-8-18-9-13-20(14-10-18)31-25(3,4)24(27)30-21-15-11-19(17-22(21)28-5)12-16-23(26)29-7-2/h6,8-17H,7H2,1-5H3/b8-6+,16-12+. The third-order valence-corrected chi connectivity index (χ3v) is 4.19. The minimum absolute atomic E-state index is 0.251. The predicted octanol–water partition coefficient (Wildman–Crippen LogP) is 5.07. The maximum Gasteiger partial charge on any atom is 0.355 e. The van der Waals surface area contributed by atoms with E-state index in [1.807, 2.05) is 31.2 Å². The van der Waals surface area contributed by atoms with Crippen LogP contribution in [0.2, 0.25) is 0 Å². The van der Waals surface area contributed by atoms with E-state index in [1.54, 1.807) is 57.2 Å². The fourth-order valence-electron chi connectivity index (χ4n) is 2.63. The van der Waals surface area contributed by atoms with E-state index >= 15 is 0 Å². The lowest BCUT2D eigenvalue weighted by atomic mass is 10.1. The van der Waals surface area contributed by atoms with Gasteiger partial charge in [-0.15, -0.1) is 0 Å². The van der Waals surface area contributed by atoms with Crippen LogP contribution in [0.25, 0.3) is 12.2 Å². The summed E-state index contributed by atoms with van der Waals surface area (Å²) in [5, 5.41) is 0. The van der Waals surface area contributed by atoms with Gasteiger partial charge in [0.25, 0.3) is 0 Å². The zero-order chi connectivity index (χ0) is 22.9. The fraction of sp³-hybridized carbons (Fsp3) is 0.280. The zero-order valence-electron chi connectivity index (χ0n) is 18.5. The summed E-state index contributed by atoms with van der Waals surface area (Å²) in [6.07, 6.45) is 6.84. The van der Waals surface area contributed by atoms with Crippen molar-refractivity contribution in [3.05, 3.63) is 65.7 Å². The number of esters is 2. The van der Waals surface area contributed by atoms with Crippen LogP contribution in [-0.4, -0.2) is 31.3 Å². The van der Waals surface area contributed by atoms with Crippen molar-refractivity contribution in [3.63, 3.8) is 0 Å². The molecule has 0 amide bonds. The number of methoxy groups -OCH3 is 1. The molecule has 2 aromatic rings. The number of benzene rings is 2. The first-order valence-corrected chi connectivity index (χ1v) is 9.96. The lowest BCUT2D eigenvalue weighted by Gasteiger charge is -2.24. The SMILES string of the molecule is C/C=C/c1ccc(OC(C)(C)C(=O)Oc2ccc(/C=C/C(=O)OCC)cc2OC)cc1. The molecule has 0 saturated carbocycles. The second kappa shape index (κ2) is 11.0. The van der Waals surface area contributed by atoms with E-state index in [1.165, 1.54) is 13.2 Å². The Balaban J connectivity index is 2.10. The van der Waals surface area contributed by atoms with Crippen LogP contribution in [0.1, 0.15) is 38.8 Å². The van der Waals surface area contributed by atoms with Gasteiger partial charge < -0.3 is 18.9 Å². The van der Waals surface area contributed by atoms with Crippen LogP contribution in [0, 0.1) is 0 Å². The number of rotatable bonds is 9. The minimum atomic E-state index is -1.23. The van der Waals surface area contributed by atoms with Crippen LogP contribution in [0.4, 0.5) is 0 Å². The number of carbonyl (C=O) groups excluding carboxylic acids is 2. The van der Waals surface area contributed by atoms with Gasteiger partial charge in [-0.25, -0.2) is 9.59 Å². The van der Waals surface area contributed by atoms with Crippen LogP contribution < -0.4 is 14.2 Å². The number of hydrogen-bond donors (Lipinski definition) is 0. The molecule has 164 valence electrons. The molecule has 6 nitrogen and oxygen atoms in total. The molecular formula is C25H28O6. The largest absolute Gasteiger partial charge is 0.493 e. The highest BCUT2D eigenvalue weighted by atomic mass is 16.6. The van der Waals surface area contributed by atoms with Crippen molar-refractivity contribution in [1.29, 1.82) is 0 Å². The summed E-state index contributed by atoms with van der Waals surface area (Å²) in [6.45, 7) is 7.26. The molecule has 0 aromatic heterocycles. The Labute approximate surface area is 183 Å². The van der Waals surface area contributed by atoms with Crippen LogP contribution in [-0.2, 0) is 14.3 Å². The van der Waals surface area contributed by atoms with Gasteiger partial charge in [0.1, 0.15) is 5.75 Å². The summed E-state index contributed by atoms with van der Waals surface area (Å²) in [4.78, 5) is 24.2. The average molecular weight is 424 g/mol. The molecule has 2 aromatic carbocycles. The van der Waals surface area contributed by atoms with Crippen LogP contribution in [0.3, 0.4) is 0 Å². The van der Waals surface area contributed by atoms with Crippen molar-refractivity contribution in [2.45, 2.75) is 33.3 Å². The molecule has 0 spiro atoms. The molecule has 0 heterocycles. The smallest absolute Gasteiger partial charge is 0.355 e. The molecule has 31 heavy (non-hydrogen) atoms. The van der Waals surface area contributed by atoms with Crippen molar-refractivity contribution < 1.29 is 28.5 Å². The van der Waals surface area contributed by atoms with E-state index in [-0.39, 0.29) is 5.75 Å². The predicted molar refractivity (Wildman–Crippen MR) is 120 cm³/mol. The summed E-state index contributed by atoms with van der Waals surface area (Å²) in [6, 6.07) is 12.4. The van der Waals surface area contributed by atoms with Crippen LogP contribution in [0.5, 0.6) is 17.2 Å². The van der Waals surface area contributed by atoms with Gasteiger partial charge in [-0.05, 0) is 69.2 Å². The van der Waals surface area contributed by atoms with Gasteiger partial charge in [-0.3, -0.25) is 0 Å². The molecular weight excluding hydrogens is 396 g/mol.